The van der Waals surface area contributed by atoms with E-state index >= 15 is 0 Å². The zero-order valence-electron chi connectivity index (χ0n) is 18.2. The summed E-state index contributed by atoms with van der Waals surface area (Å²) in [7, 11) is 3.04. The van der Waals surface area contributed by atoms with Crippen LogP contribution in [0, 0.1) is 5.82 Å². The molecule has 34 heavy (non-hydrogen) atoms. The molecule has 1 fully saturated rings. The van der Waals surface area contributed by atoms with Gasteiger partial charge in [-0.3, -0.25) is 9.69 Å². The summed E-state index contributed by atoms with van der Waals surface area (Å²) in [4.78, 5) is 15.0. The van der Waals surface area contributed by atoms with Gasteiger partial charge >= 0.3 is 0 Å². The Bertz CT molecular complexity index is 1300. The molecule has 0 N–H and O–H groups in total. The van der Waals surface area contributed by atoms with Crippen LogP contribution < -0.4 is 19.1 Å². The molecule has 4 rings (SSSR count). The number of hydrogen-bond donors (Lipinski definition) is 0. The normalized spacial score (nSPS) is 14.6. The van der Waals surface area contributed by atoms with Gasteiger partial charge < -0.3 is 14.2 Å². The highest BCUT2D eigenvalue weighted by Gasteiger charge is 2.33. The lowest BCUT2D eigenvalue weighted by atomic mass is 10.1. The van der Waals surface area contributed by atoms with E-state index in [0.717, 1.165) is 5.56 Å². The molecule has 0 aliphatic carbocycles. The van der Waals surface area contributed by atoms with Crippen LogP contribution in [-0.2, 0) is 11.4 Å². The topological polar surface area (TPSA) is 48.0 Å². The third-order valence-electron chi connectivity index (χ3n) is 5.01. The average molecular weight is 516 g/mol. The Morgan fingerprint density at radius 1 is 1.03 bits per heavy atom. The molecule has 1 amide bonds. The van der Waals surface area contributed by atoms with E-state index in [1.54, 1.807) is 60.7 Å². The number of carbonyl (C=O) groups is 1. The Morgan fingerprint density at radius 3 is 2.47 bits per heavy atom. The van der Waals surface area contributed by atoms with Crippen molar-refractivity contribution in [1.82, 2.24) is 0 Å². The van der Waals surface area contributed by atoms with Crippen molar-refractivity contribution in [3.05, 3.63) is 87.5 Å². The number of rotatable bonds is 7. The first-order valence-corrected chi connectivity index (χ1v) is 11.7. The van der Waals surface area contributed by atoms with Gasteiger partial charge in [0.05, 0.1) is 29.8 Å². The van der Waals surface area contributed by atoms with Crippen LogP contribution in [0.5, 0.6) is 17.2 Å². The second kappa shape index (κ2) is 10.5. The van der Waals surface area contributed by atoms with Crippen molar-refractivity contribution in [2.24, 2.45) is 0 Å². The lowest BCUT2D eigenvalue weighted by molar-refractivity contribution is -0.113. The number of carbonyl (C=O) groups excluding carboxylic acids is 1. The molecule has 9 heteroatoms. The number of thiocarbonyl (C=S) groups is 1. The fourth-order valence-corrected chi connectivity index (χ4v) is 4.85. The summed E-state index contributed by atoms with van der Waals surface area (Å²) in [5, 5.41) is 0.383. The van der Waals surface area contributed by atoms with E-state index in [2.05, 4.69) is 0 Å². The second-order valence-corrected chi connectivity index (χ2v) is 9.21. The van der Waals surface area contributed by atoms with Crippen molar-refractivity contribution >= 4 is 57.6 Å². The summed E-state index contributed by atoms with van der Waals surface area (Å²) in [5.74, 6) is 0.843. The number of thioether (sulfide) groups is 1. The molecular formula is C25H19ClFNO4S2. The van der Waals surface area contributed by atoms with Crippen LogP contribution in [0.3, 0.4) is 0 Å². The minimum absolute atomic E-state index is 0.0610. The zero-order valence-corrected chi connectivity index (χ0v) is 20.6. The van der Waals surface area contributed by atoms with E-state index in [1.165, 1.54) is 36.9 Å². The standard InChI is InChI=1S/C25H19ClFNO4S2/c1-30-20-10-8-17(13-18(20)26)28-24(29)23(34-25(28)33)12-15-7-9-21(22(11-15)31-2)32-14-16-5-3-4-6-19(16)27/h3-13H,14H2,1-2H3/b23-12+. The van der Waals surface area contributed by atoms with Crippen LogP contribution in [0.25, 0.3) is 6.08 Å². The molecular weight excluding hydrogens is 497 g/mol. The van der Waals surface area contributed by atoms with Crippen molar-refractivity contribution in [3.63, 3.8) is 0 Å². The van der Waals surface area contributed by atoms with Gasteiger partial charge in [0.2, 0.25) is 0 Å². The van der Waals surface area contributed by atoms with Gasteiger partial charge in [0.15, 0.2) is 15.8 Å². The van der Waals surface area contributed by atoms with Crippen LogP contribution in [0.15, 0.2) is 65.6 Å². The van der Waals surface area contributed by atoms with Crippen molar-refractivity contribution in [3.8, 4) is 17.2 Å². The molecule has 3 aromatic rings. The van der Waals surface area contributed by atoms with E-state index in [9.17, 15) is 9.18 Å². The minimum Gasteiger partial charge on any atom is -0.495 e. The Hall–Kier alpha value is -3.07. The van der Waals surface area contributed by atoms with Crippen LogP contribution in [-0.4, -0.2) is 24.4 Å². The smallest absolute Gasteiger partial charge is 0.270 e. The van der Waals surface area contributed by atoms with Crippen LogP contribution >= 0.6 is 35.6 Å². The number of nitrogens with zero attached hydrogens (tertiary/aromatic N) is 1. The number of halogens is 2. The third-order valence-corrected chi connectivity index (χ3v) is 6.61. The predicted molar refractivity (Wildman–Crippen MR) is 137 cm³/mol. The number of benzene rings is 3. The summed E-state index contributed by atoms with van der Waals surface area (Å²) in [6.07, 6.45) is 1.73. The largest absolute Gasteiger partial charge is 0.495 e. The monoisotopic (exact) mass is 515 g/mol. The molecule has 3 aromatic carbocycles. The lowest BCUT2D eigenvalue weighted by Gasteiger charge is -2.15. The van der Waals surface area contributed by atoms with Crippen molar-refractivity contribution < 1.29 is 23.4 Å². The number of hydrogen-bond acceptors (Lipinski definition) is 6. The first-order valence-electron chi connectivity index (χ1n) is 10.1. The van der Waals surface area contributed by atoms with E-state index in [4.69, 9.17) is 38.0 Å². The molecule has 0 atom stereocenters. The Kier molecular flexibility index (Phi) is 7.41. The molecule has 1 aliphatic rings. The minimum atomic E-state index is -0.335. The summed E-state index contributed by atoms with van der Waals surface area (Å²) in [6, 6.07) is 16.7. The van der Waals surface area contributed by atoms with E-state index in [-0.39, 0.29) is 18.3 Å². The highest BCUT2D eigenvalue weighted by molar-refractivity contribution is 8.27. The molecule has 0 spiro atoms. The fraction of sp³-hybridized carbons (Fsp3) is 0.120. The molecule has 1 aliphatic heterocycles. The van der Waals surface area contributed by atoms with E-state index in [1.807, 2.05) is 0 Å². The van der Waals surface area contributed by atoms with Gasteiger partial charge in [-0.2, -0.15) is 0 Å². The van der Waals surface area contributed by atoms with Crippen molar-refractivity contribution in [2.75, 3.05) is 19.1 Å². The van der Waals surface area contributed by atoms with Gasteiger partial charge in [-0.1, -0.05) is 59.8 Å². The highest BCUT2D eigenvalue weighted by Crippen LogP contribution is 2.39. The van der Waals surface area contributed by atoms with Gasteiger partial charge in [0.1, 0.15) is 18.2 Å². The van der Waals surface area contributed by atoms with Crippen LogP contribution in [0.4, 0.5) is 10.1 Å². The van der Waals surface area contributed by atoms with Gasteiger partial charge in [0.25, 0.3) is 5.91 Å². The first-order chi connectivity index (χ1) is 16.4. The number of ether oxygens (including phenoxy) is 3. The maximum atomic E-state index is 13.9. The molecule has 1 saturated heterocycles. The maximum absolute atomic E-state index is 13.9. The average Bonchev–Trinajstić information content (AvgIpc) is 3.11. The molecule has 0 unspecified atom stereocenters. The Labute approximate surface area is 211 Å². The van der Waals surface area contributed by atoms with E-state index in [0.29, 0.717) is 42.7 Å². The summed E-state index contributed by atoms with van der Waals surface area (Å²) < 4.78 is 30.6. The SMILES string of the molecule is COc1ccc(N2C(=O)/C(=C\c3ccc(OCc4ccccc4F)c(OC)c3)SC2=S)cc1Cl. The Balaban J connectivity index is 1.54. The molecule has 0 bridgehead atoms. The molecule has 5 nitrogen and oxygen atoms in total. The molecule has 0 saturated carbocycles. The van der Waals surface area contributed by atoms with Gasteiger partial charge in [-0.15, -0.1) is 0 Å². The number of amides is 1. The van der Waals surface area contributed by atoms with Crippen molar-refractivity contribution in [1.29, 1.82) is 0 Å². The third kappa shape index (κ3) is 5.04. The van der Waals surface area contributed by atoms with Crippen LogP contribution in [0.2, 0.25) is 5.02 Å². The summed E-state index contributed by atoms with van der Waals surface area (Å²) in [5.41, 5.74) is 1.73. The Morgan fingerprint density at radius 2 is 1.76 bits per heavy atom. The molecule has 0 radical (unpaired) electrons. The van der Waals surface area contributed by atoms with E-state index < -0.39 is 0 Å². The predicted octanol–water partition coefficient (Wildman–Crippen LogP) is 6.48. The van der Waals surface area contributed by atoms with Crippen LogP contribution in [0.1, 0.15) is 11.1 Å². The molecule has 0 aromatic heterocycles. The summed E-state index contributed by atoms with van der Waals surface area (Å²) in [6.45, 7) is 0.0610. The quantitative estimate of drug-likeness (QED) is 0.265. The zero-order chi connectivity index (χ0) is 24.2. The fourth-order valence-electron chi connectivity index (χ4n) is 3.30. The number of anilines is 1. The second-order valence-electron chi connectivity index (χ2n) is 7.13. The maximum Gasteiger partial charge on any atom is 0.270 e. The van der Waals surface area contributed by atoms with Gasteiger partial charge in [0, 0.05) is 5.56 Å². The van der Waals surface area contributed by atoms with Gasteiger partial charge in [-0.05, 0) is 48.0 Å². The highest BCUT2D eigenvalue weighted by atomic mass is 35.5. The molecule has 174 valence electrons. The molecule has 1 heterocycles. The van der Waals surface area contributed by atoms with Gasteiger partial charge in [-0.25, -0.2) is 4.39 Å². The summed E-state index contributed by atoms with van der Waals surface area (Å²) >= 11 is 12.8. The number of methoxy groups -OCH3 is 2. The lowest BCUT2D eigenvalue weighted by Crippen LogP contribution is -2.27. The first kappa shape index (κ1) is 24.1. The van der Waals surface area contributed by atoms with Crippen molar-refractivity contribution in [2.45, 2.75) is 6.61 Å².